The largest absolute Gasteiger partial charge is 0.249 e. The van der Waals surface area contributed by atoms with Crippen LogP contribution in [-0.4, -0.2) is 10.2 Å². The summed E-state index contributed by atoms with van der Waals surface area (Å²) >= 11 is 5.28. The van der Waals surface area contributed by atoms with Gasteiger partial charge in [-0.15, -0.1) is 11.8 Å². The maximum Gasteiger partial charge on any atom is 0.110 e. The maximum atomic E-state index is 4.28. The quantitative estimate of drug-likeness (QED) is 0.753. The van der Waals surface area contributed by atoms with Gasteiger partial charge in [0, 0.05) is 15.9 Å². The van der Waals surface area contributed by atoms with Crippen LogP contribution in [0.3, 0.4) is 0 Å². The van der Waals surface area contributed by atoms with Crippen molar-refractivity contribution in [2.45, 2.75) is 30.5 Å². The number of hydrogen-bond acceptors (Lipinski definition) is 2. The Morgan fingerprint density at radius 2 is 2.42 bits per heavy atom. The van der Waals surface area contributed by atoms with Crippen molar-refractivity contribution in [2.24, 2.45) is 0 Å². The van der Waals surface area contributed by atoms with Crippen molar-refractivity contribution in [3.8, 4) is 0 Å². The highest BCUT2D eigenvalue weighted by molar-refractivity contribution is 9.10. The topological polar surface area (TPSA) is 12.9 Å². The van der Waals surface area contributed by atoms with Gasteiger partial charge in [-0.3, -0.25) is 0 Å². The van der Waals surface area contributed by atoms with Gasteiger partial charge in [-0.1, -0.05) is 13.8 Å². The van der Waals surface area contributed by atoms with E-state index in [0.717, 1.165) is 9.50 Å². The Morgan fingerprint density at radius 1 is 1.67 bits per heavy atom. The van der Waals surface area contributed by atoms with Crippen LogP contribution < -0.4 is 0 Å². The Kier molecular flexibility index (Phi) is 4.09. The third kappa shape index (κ3) is 2.79. The minimum absolute atomic E-state index is 0.635. The molecule has 0 aromatic carbocycles. The molecule has 12 heavy (non-hydrogen) atoms. The molecule has 1 aromatic heterocycles. The smallest absolute Gasteiger partial charge is 0.110 e. The molecule has 0 amide bonds. The molecule has 0 saturated carbocycles. The summed E-state index contributed by atoms with van der Waals surface area (Å²) in [7, 11) is 0. The van der Waals surface area contributed by atoms with Crippen LogP contribution in [0.4, 0.5) is 0 Å². The lowest BCUT2D eigenvalue weighted by atomic mass is 10.4. The first kappa shape index (κ1) is 10.1. The van der Waals surface area contributed by atoms with Gasteiger partial charge in [0.2, 0.25) is 0 Å². The number of aromatic nitrogens is 1. The van der Waals surface area contributed by atoms with Gasteiger partial charge in [-0.25, -0.2) is 4.98 Å². The highest BCUT2D eigenvalue weighted by Gasteiger charge is 2.05. The number of rotatable bonds is 3. The molecule has 1 heterocycles. The van der Waals surface area contributed by atoms with Crippen molar-refractivity contribution in [1.29, 1.82) is 0 Å². The van der Waals surface area contributed by atoms with Gasteiger partial charge in [0.25, 0.3) is 0 Å². The minimum Gasteiger partial charge on any atom is -0.249 e. The van der Waals surface area contributed by atoms with E-state index in [9.17, 15) is 0 Å². The highest BCUT2D eigenvalue weighted by Crippen LogP contribution is 2.28. The van der Waals surface area contributed by atoms with Crippen molar-refractivity contribution >= 4 is 27.7 Å². The molecular weight excluding hydrogens is 234 g/mol. The van der Waals surface area contributed by atoms with Gasteiger partial charge >= 0.3 is 0 Å². The first-order valence-electron chi connectivity index (χ1n) is 4.01. The summed E-state index contributed by atoms with van der Waals surface area (Å²) in [6.07, 6.45) is 3.00. The molecule has 1 unspecified atom stereocenters. The first-order valence-corrected chi connectivity index (χ1v) is 5.68. The highest BCUT2D eigenvalue weighted by atomic mass is 79.9. The molecule has 66 valence electrons. The molecule has 3 heteroatoms. The zero-order chi connectivity index (χ0) is 8.97. The summed E-state index contributed by atoms with van der Waals surface area (Å²) in [5.74, 6) is 0. The van der Waals surface area contributed by atoms with Gasteiger partial charge in [-0.2, -0.15) is 0 Å². The normalized spacial score (nSPS) is 12.9. The number of nitrogens with zero attached hydrogens (tertiary/aromatic N) is 1. The Labute approximate surface area is 86.1 Å². The zero-order valence-corrected chi connectivity index (χ0v) is 9.65. The van der Waals surface area contributed by atoms with Crippen molar-refractivity contribution in [3.63, 3.8) is 0 Å². The summed E-state index contributed by atoms with van der Waals surface area (Å²) < 4.78 is 1.09. The van der Waals surface area contributed by atoms with E-state index in [0.29, 0.717) is 5.25 Å². The molecule has 0 spiro atoms. The Bertz CT molecular complexity index is 252. The molecular formula is C9H12BrNS. The molecule has 1 rings (SSSR count). The molecule has 0 bridgehead atoms. The van der Waals surface area contributed by atoms with E-state index in [1.54, 1.807) is 0 Å². The van der Waals surface area contributed by atoms with Crippen LogP contribution >= 0.6 is 27.7 Å². The van der Waals surface area contributed by atoms with Crippen LogP contribution in [0.25, 0.3) is 0 Å². The van der Waals surface area contributed by atoms with Crippen LogP contribution in [0.5, 0.6) is 0 Å². The average Bonchev–Trinajstić information content (AvgIpc) is 2.09. The molecule has 1 aromatic rings. The van der Waals surface area contributed by atoms with E-state index in [4.69, 9.17) is 0 Å². The second-order valence-corrected chi connectivity index (χ2v) is 4.91. The Morgan fingerprint density at radius 3 is 3.00 bits per heavy atom. The summed E-state index contributed by atoms with van der Waals surface area (Å²) in [5.41, 5.74) is 0. The fraction of sp³-hybridized carbons (Fsp3) is 0.444. The van der Waals surface area contributed by atoms with Crippen molar-refractivity contribution in [3.05, 3.63) is 22.8 Å². The van der Waals surface area contributed by atoms with E-state index in [1.165, 1.54) is 6.42 Å². The van der Waals surface area contributed by atoms with Crippen molar-refractivity contribution in [2.75, 3.05) is 0 Å². The molecule has 1 nitrogen and oxygen atoms in total. The van der Waals surface area contributed by atoms with E-state index < -0.39 is 0 Å². The van der Waals surface area contributed by atoms with E-state index in [1.807, 2.05) is 30.1 Å². The average molecular weight is 246 g/mol. The second-order valence-electron chi connectivity index (χ2n) is 2.63. The molecule has 0 aliphatic carbocycles. The predicted octanol–water partition coefficient (Wildman–Crippen LogP) is 3.73. The minimum atomic E-state index is 0.635. The Balaban J connectivity index is 2.69. The lowest BCUT2D eigenvalue weighted by molar-refractivity contribution is 0.900. The van der Waals surface area contributed by atoms with Crippen LogP contribution in [-0.2, 0) is 0 Å². The van der Waals surface area contributed by atoms with Crippen molar-refractivity contribution in [1.82, 2.24) is 4.98 Å². The molecule has 0 saturated heterocycles. The summed E-state index contributed by atoms with van der Waals surface area (Å²) in [6.45, 7) is 4.40. The van der Waals surface area contributed by atoms with Crippen LogP contribution in [0, 0.1) is 0 Å². The molecule has 0 N–H and O–H groups in total. The number of pyridine rings is 1. The first-order chi connectivity index (χ1) is 5.74. The number of halogens is 1. The number of thioether (sulfide) groups is 1. The lowest BCUT2D eigenvalue weighted by Gasteiger charge is -2.07. The van der Waals surface area contributed by atoms with Gasteiger partial charge in [0.05, 0.1) is 0 Å². The molecule has 0 aliphatic rings. The fourth-order valence-corrected chi connectivity index (χ4v) is 2.12. The predicted molar refractivity (Wildman–Crippen MR) is 57.5 cm³/mol. The lowest BCUT2D eigenvalue weighted by Crippen LogP contribution is -1.93. The SMILES string of the molecule is CCC(C)Sc1ncccc1Br. The third-order valence-corrected chi connectivity index (χ3v) is 3.80. The second kappa shape index (κ2) is 4.87. The van der Waals surface area contributed by atoms with Crippen LogP contribution in [0.2, 0.25) is 0 Å². The van der Waals surface area contributed by atoms with Crippen molar-refractivity contribution < 1.29 is 0 Å². The molecule has 0 aliphatic heterocycles. The van der Waals surface area contributed by atoms with Gasteiger partial charge in [-0.05, 0) is 34.5 Å². The monoisotopic (exact) mass is 245 g/mol. The standard InChI is InChI=1S/C9H12BrNS/c1-3-7(2)12-9-8(10)5-4-6-11-9/h4-7H,3H2,1-2H3. The van der Waals surface area contributed by atoms with Gasteiger partial charge in [0.15, 0.2) is 0 Å². The van der Waals surface area contributed by atoms with Gasteiger partial charge < -0.3 is 0 Å². The van der Waals surface area contributed by atoms with E-state index >= 15 is 0 Å². The summed E-state index contributed by atoms with van der Waals surface area (Å²) in [4.78, 5) is 4.28. The molecule has 1 atom stereocenters. The van der Waals surface area contributed by atoms with Crippen LogP contribution in [0.15, 0.2) is 27.8 Å². The Hall–Kier alpha value is -0.0200. The third-order valence-electron chi connectivity index (χ3n) is 1.61. The maximum absolute atomic E-state index is 4.28. The summed E-state index contributed by atoms with van der Waals surface area (Å²) in [6, 6.07) is 3.96. The molecule has 0 radical (unpaired) electrons. The molecule has 0 fully saturated rings. The van der Waals surface area contributed by atoms with E-state index in [2.05, 4.69) is 34.8 Å². The zero-order valence-electron chi connectivity index (χ0n) is 7.25. The summed E-state index contributed by atoms with van der Waals surface area (Å²) in [5, 5.41) is 1.73. The van der Waals surface area contributed by atoms with E-state index in [-0.39, 0.29) is 0 Å². The van der Waals surface area contributed by atoms with Gasteiger partial charge in [0.1, 0.15) is 5.03 Å². The fourth-order valence-electron chi connectivity index (χ4n) is 0.732. The number of hydrogen-bond donors (Lipinski definition) is 0. The van der Waals surface area contributed by atoms with Crippen LogP contribution in [0.1, 0.15) is 20.3 Å².